The minimum Gasteiger partial charge on any atom is -0.494 e. The highest BCUT2D eigenvalue weighted by Gasteiger charge is 2.09. The van der Waals surface area contributed by atoms with Crippen LogP contribution in [0.3, 0.4) is 0 Å². The molecule has 6 nitrogen and oxygen atoms in total. The van der Waals surface area contributed by atoms with Gasteiger partial charge in [0, 0.05) is 23.3 Å². The largest absolute Gasteiger partial charge is 0.494 e. The second-order valence-corrected chi connectivity index (χ2v) is 5.66. The van der Waals surface area contributed by atoms with Gasteiger partial charge in [0.05, 0.1) is 18.2 Å². The fourth-order valence-electron chi connectivity index (χ4n) is 2.42. The smallest absolute Gasteiger partial charge is 0.274 e. The number of carbonyl (C=O) groups excluding carboxylic acids is 1. The van der Waals surface area contributed by atoms with Crippen molar-refractivity contribution >= 4 is 23.0 Å². The van der Waals surface area contributed by atoms with E-state index in [1.807, 2.05) is 37.3 Å². The average molecular weight is 358 g/mol. The van der Waals surface area contributed by atoms with Crippen molar-refractivity contribution in [1.29, 1.82) is 5.26 Å². The molecule has 6 heteroatoms. The quantitative estimate of drug-likeness (QED) is 0.684. The third-order valence-electron chi connectivity index (χ3n) is 3.72. The Kier molecular flexibility index (Phi) is 5.65. The van der Waals surface area contributed by atoms with Gasteiger partial charge in [0.25, 0.3) is 5.91 Å². The molecule has 0 saturated heterocycles. The Balaban J connectivity index is 1.68. The molecule has 1 amide bonds. The first kappa shape index (κ1) is 18.0. The lowest BCUT2D eigenvalue weighted by Gasteiger charge is -2.09. The maximum atomic E-state index is 12.4. The number of aromatic nitrogens is 1. The highest BCUT2D eigenvalue weighted by molar-refractivity contribution is 6.03. The molecule has 0 aliphatic rings. The molecule has 27 heavy (non-hydrogen) atoms. The fourth-order valence-corrected chi connectivity index (χ4v) is 2.42. The summed E-state index contributed by atoms with van der Waals surface area (Å²) in [4.78, 5) is 16.5. The number of hydrogen-bond acceptors (Lipinski definition) is 5. The van der Waals surface area contributed by atoms with Crippen molar-refractivity contribution in [3.05, 3.63) is 78.1 Å². The predicted octanol–water partition coefficient (Wildman–Crippen LogP) is 4.35. The summed E-state index contributed by atoms with van der Waals surface area (Å²) in [5.41, 5.74) is 3.05. The average Bonchev–Trinajstić information content (AvgIpc) is 2.70. The summed E-state index contributed by atoms with van der Waals surface area (Å²) >= 11 is 0. The fraction of sp³-hybridized carbons (Fsp3) is 0.0952. The van der Waals surface area contributed by atoms with E-state index in [-0.39, 0.29) is 11.6 Å². The summed E-state index contributed by atoms with van der Waals surface area (Å²) in [5, 5.41) is 14.8. The molecule has 3 rings (SSSR count). The van der Waals surface area contributed by atoms with Crippen LogP contribution < -0.4 is 15.4 Å². The lowest BCUT2D eigenvalue weighted by atomic mass is 10.2. The van der Waals surface area contributed by atoms with Crippen molar-refractivity contribution in [2.75, 3.05) is 17.2 Å². The van der Waals surface area contributed by atoms with Crippen molar-refractivity contribution < 1.29 is 9.53 Å². The number of anilines is 3. The summed E-state index contributed by atoms with van der Waals surface area (Å²) in [6, 6.07) is 19.7. The second kappa shape index (κ2) is 8.50. The van der Waals surface area contributed by atoms with Gasteiger partial charge in [-0.3, -0.25) is 9.78 Å². The van der Waals surface area contributed by atoms with Crippen LogP contribution in [-0.4, -0.2) is 17.5 Å². The number of hydrogen-bond donors (Lipinski definition) is 2. The van der Waals surface area contributed by atoms with Crippen LogP contribution in [0.5, 0.6) is 5.75 Å². The van der Waals surface area contributed by atoms with E-state index in [2.05, 4.69) is 15.6 Å². The Morgan fingerprint density at radius 3 is 2.41 bits per heavy atom. The van der Waals surface area contributed by atoms with Crippen LogP contribution in [0.25, 0.3) is 0 Å². The van der Waals surface area contributed by atoms with E-state index in [1.165, 1.54) is 0 Å². The highest BCUT2D eigenvalue weighted by Crippen LogP contribution is 2.20. The van der Waals surface area contributed by atoms with Crippen LogP contribution in [0.2, 0.25) is 0 Å². The van der Waals surface area contributed by atoms with Crippen LogP contribution in [0.4, 0.5) is 17.1 Å². The minimum atomic E-state index is -0.324. The Hall–Kier alpha value is -3.85. The number of ether oxygens (including phenoxy) is 1. The Morgan fingerprint density at radius 2 is 1.74 bits per heavy atom. The van der Waals surface area contributed by atoms with Gasteiger partial charge < -0.3 is 15.4 Å². The van der Waals surface area contributed by atoms with Gasteiger partial charge in [-0.2, -0.15) is 5.26 Å². The van der Waals surface area contributed by atoms with E-state index in [9.17, 15) is 4.79 Å². The Morgan fingerprint density at radius 1 is 1.04 bits per heavy atom. The maximum Gasteiger partial charge on any atom is 0.274 e. The van der Waals surface area contributed by atoms with Crippen LogP contribution in [-0.2, 0) is 0 Å². The Bertz CT molecular complexity index is 961. The number of nitrogens with zero attached hydrogens (tertiary/aromatic N) is 2. The van der Waals surface area contributed by atoms with Crippen LogP contribution in [0.15, 0.2) is 66.9 Å². The second-order valence-electron chi connectivity index (χ2n) is 5.66. The normalized spacial score (nSPS) is 9.93. The maximum absolute atomic E-state index is 12.4. The standard InChI is InChI=1S/C21H18N4O2/c1-2-27-19-9-7-16(8-10-19)24-18-11-12-23-20(13-18)21(26)25-17-5-3-15(14-22)4-6-17/h3-13H,2H2,1H3,(H,23,24)(H,25,26). The number of nitriles is 1. The summed E-state index contributed by atoms with van der Waals surface area (Å²) in [7, 11) is 0. The molecule has 0 bridgehead atoms. The third-order valence-corrected chi connectivity index (χ3v) is 3.72. The van der Waals surface area contributed by atoms with E-state index >= 15 is 0 Å². The first-order valence-electron chi connectivity index (χ1n) is 8.45. The van der Waals surface area contributed by atoms with Gasteiger partial charge in [-0.05, 0) is 67.6 Å². The molecule has 1 heterocycles. The summed E-state index contributed by atoms with van der Waals surface area (Å²) in [6.07, 6.45) is 1.57. The molecule has 0 fully saturated rings. The summed E-state index contributed by atoms with van der Waals surface area (Å²) < 4.78 is 5.42. The molecule has 0 radical (unpaired) electrons. The number of amides is 1. The first-order chi connectivity index (χ1) is 13.2. The number of nitrogens with one attached hydrogen (secondary N) is 2. The molecule has 2 aromatic carbocycles. The molecule has 0 saturated carbocycles. The van der Waals surface area contributed by atoms with Gasteiger partial charge in [-0.1, -0.05) is 0 Å². The lowest BCUT2D eigenvalue weighted by molar-refractivity contribution is 0.102. The number of carbonyl (C=O) groups is 1. The topological polar surface area (TPSA) is 87.0 Å². The molecule has 3 aromatic rings. The minimum absolute atomic E-state index is 0.287. The van der Waals surface area contributed by atoms with Crippen molar-refractivity contribution in [3.8, 4) is 11.8 Å². The van der Waals surface area contributed by atoms with E-state index < -0.39 is 0 Å². The van der Waals surface area contributed by atoms with E-state index in [1.54, 1.807) is 42.6 Å². The van der Waals surface area contributed by atoms with Gasteiger partial charge in [-0.15, -0.1) is 0 Å². The molecule has 134 valence electrons. The van der Waals surface area contributed by atoms with Crippen LogP contribution in [0, 0.1) is 11.3 Å². The van der Waals surface area contributed by atoms with Crippen molar-refractivity contribution in [3.63, 3.8) is 0 Å². The molecule has 0 atom stereocenters. The van der Waals surface area contributed by atoms with Gasteiger partial charge in [0.15, 0.2) is 0 Å². The predicted molar refractivity (Wildman–Crippen MR) is 104 cm³/mol. The van der Waals surface area contributed by atoms with E-state index in [0.29, 0.717) is 17.9 Å². The molecule has 0 aliphatic carbocycles. The lowest BCUT2D eigenvalue weighted by Crippen LogP contribution is -2.13. The van der Waals surface area contributed by atoms with Gasteiger partial charge >= 0.3 is 0 Å². The van der Waals surface area contributed by atoms with Crippen LogP contribution >= 0.6 is 0 Å². The van der Waals surface area contributed by atoms with Gasteiger partial charge in [-0.25, -0.2) is 0 Å². The molecule has 0 unspecified atom stereocenters. The summed E-state index contributed by atoms with van der Waals surface area (Å²) in [6.45, 7) is 2.56. The Labute approximate surface area is 157 Å². The number of pyridine rings is 1. The molecule has 2 N–H and O–H groups in total. The zero-order valence-corrected chi connectivity index (χ0v) is 14.8. The molecule has 0 spiro atoms. The van der Waals surface area contributed by atoms with E-state index in [0.717, 1.165) is 17.1 Å². The van der Waals surface area contributed by atoms with E-state index in [4.69, 9.17) is 10.00 Å². The SMILES string of the molecule is CCOc1ccc(Nc2ccnc(C(=O)Nc3ccc(C#N)cc3)c2)cc1. The zero-order valence-electron chi connectivity index (χ0n) is 14.8. The van der Waals surface area contributed by atoms with Crippen molar-refractivity contribution in [2.24, 2.45) is 0 Å². The van der Waals surface area contributed by atoms with Gasteiger partial charge in [0.2, 0.25) is 0 Å². The highest BCUT2D eigenvalue weighted by atomic mass is 16.5. The number of benzene rings is 2. The monoisotopic (exact) mass is 358 g/mol. The molecule has 0 aliphatic heterocycles. The third kappa shape index (κ3) is 4.83. The molecule has 1 aromatic heterocycles. The zero-order chi connectivity index (χ0) is 19.1. The molecular weight excluding hydrogens is 340 g/mol. The summed E-state index contributed by atoms with van der Waals surface area (Å²) in [5.74, 6) is 0.482. The van der Waals surface area contributed by atoms with Gasteiger partial charge in [0.1, 0.15) is 11.4 Å². The first-order valence-corrected chi connectivity index (χ1v) is 8.45. The van der Waals surface area contributed by atoms with Crippen molar-refractivity contribution in [2.45, 2.75) is 6.92 Å². The van der Waals surface area contributed by atoms with Crippen molar-refractivity contribution in [1.82, 2.24) is 4.98 Å². The van der Waals surface area contributed by atoms with Crippen LogP contribution in [0.1, 0.15) is 23.0 Å². The molecular formula is C21H18N4O2. The number of rotatable bonds is 6.